The lowest BCUT2D eigenvalue weighted by Crippen LogP contribution is -3.08. The number of aromatic nitrogens is 1. The number of para-hydroxylation sites is 2. The SMILES string of the molecule is C[NH+](CC(=O)Nc1ccc(Cl)c(Cl)c1)Cc1nc2ccccc2o1. The minimum absolute atomic E-state index is 0.123. The van der Waals surface area contributed by atoms with Crippen LogP contribution >= 0.6 is 23.2 Å². The van der Waals surface area contributed by atoms with Crippen LogP contribution in [0, 0.1) is 0 Å². The number of carbonyl (C=O) groups is 1. The summed E-state index contributed by atoms with van der Waals surface area (Å²) >= 11 is 11.8. The first-order valence-electron chi connectivity index (χ1n) is 7.42. The summed E-state index contributed by atoms with van der Waals surface area (Å²) in [7, 11) is 1.91. The van der Waals surface area contributed by atoms with Gasteiger partial charge in [-0.15, -0.1) is 0 Å². The highest BCUT2D eigenvalue weighted by Crippen LogP contribution is 2.24. The van der Waals surface area contributed by atoms with Crippen LogP contribution in [0.15, 0.2) is 46.9 Å². The Hall–Kier alpha value is -2.08. The molecule has 0 saturated heterocycles. The molecule has 2 aromatic carbocycles. The van der Waals surface area contributed by atoms with Crippen molar-refractivity contribution < 1.29 is 14.1 Å². The molecule has 0 aliphatic rings. The summed E-state index contributed by atoms with van der Waals surface area (Å²) in [6, 6.07) is 12.6. The molecule has 1 amide bonds. The maximum absolute atomic E-state index is 12.1. The molecule has 1 unspecified atom stereocenters. The van der Waals surface area contributed by atoms with Crippen LogP contribution in [-0.4, -0.2) is 24.5 Å². The number of fused-ring (bicyclic) bond motifs is 1. The van der Waals surface area contributed by atoms with Gasteiger partial charge in [-0.05, 0) is 30.3 Å². The summed E-state index contributed by atoms with van der Waals surface area (Å²) in [6.45, 7) is 0.794. The highest BCUT2D eigenvalue weighted by molar-refractivity contribution is 6.42. The van der Waals surface area contributed by atoms with E-state index in [1.165, 1.54) is 0 Å². The number of nitrogens with zero attached hydrogens (tertiary/aromatic N) is 1. The van der Waals surface area contributed by atoms with Crippen LogP contribution in [0.3, 0.4) is 0 Å². The van der Waals surface area contributed by atoms with Crippen molar-refractivity contribution in [2.24, 2.45) is 0 Å². The number of carbonyl (C=O) groups excluding carboxylic acids is 1. The highest BCUT2D eigenvalue weighted by Gasteiger charge is 2.15. The van der Waals surface area contributed by atoms with E-state index in [1.54, 1.807) is 18.2 Å². The van der Waals surface area contributed by atoms with E-state index in [2.05, 4.69) is 10.3 Å². The van der Waals surface area contributed by atoms with Crippen molar-refractivity contribution in [3.63, 3.8) is 0 Å². The molecule has 0 aliphatic heterocycles. The third kappa shape index (κ3) is 4.06. The smallest absolute Gasteiger partial charge is 0.279 e. The number of oxazole rings is 1. The Labute approximate surface area is 149 Å². The molecule has 0 radical (unpaired) electrons. The van der Waals surface area contributed by atoms with Crippen molar-refractivity contribution in [3.8, 4) is 0 Å². The lowest BCUT2D eigenvalue weighted by atomic mass is 10.3. The highest BCUT2D eigenvalue weighted by atomic mass is 35.5. The normalized spacial score (nSPS) is 12.3. The van der Waals surface area contributed by atoms with E-state index in [4.69, 9.17) is 27.6 Å². The monoisotopic (exact) mass is 364 g/mol. The standard InChI is InChI=1S/C17H15Cl2N3O2/c1-22(10-17-21-14-4-2-3-5-15(14)24-17)9-16(23)20-11-6-7-12(18)13(19)8-11/h2-8H,9-10H2,1H3,(H,20,23)/p+1. The zero-order valence-corrected chi connectivity index (χ0v) is 14.5. The third-order valence-corrected chi connectivity index (χ3v) is 4.20. The molecular formula is C17H16Cl2N3O2+. The van der Waals surface area contributed by atoms with Crippen LogP contribution in [-0.2, 0) is 11.3 Å². The molecule has 0 saturated carbocycles. The second-order valence-electron chi connectivity index (χ2n) is 5.56. The number of anilines is 1. The van der Waals surface area contributed by atoms with Gasteiger partial charge < -0.3 is 14.6 Å². The number of nitrogens with one attached hydrogen (secondary N) is 2. The van der Waals surface area contributed by atoms with Gasteiger partial charge in [0.15, 0.2) is 18.7 Å². The van der Waals surface area contributed by atoms with Gasteiger partial charge in [0.1, 0.15) is 5.52 Å². The fourth-order valence-corrected chi connectivity index (χ4v) is 2.67. The third-order valence-electron chi connectivity index (χ3n) is 3.46. The first kappa shape index (κ1) is 16.8. The second kappa shape index (κ2) is 7.21. The number of quaternary nitrogens is 1. The predicted molar refractivity (Wildman–Crippen MR) is 94.6 cm³/mol. The summed E-state index contributed by atoms with van der Waals surface area (Å²) in [5, 5.41) is 3.66. The minimum Gasteiger partial charge on any atom is -0.435 e. The molecule has 0 fully saturated rings. The van der Waals surface area contributed by atoms with E-state index >= 15 is 0 Å². The van der Waals surface area contributed by atoms with E-state index in [0.29, 0.717) is 28.2 Å². The molecule has 0 spiro atoms. The van der Waals surface area contributed by atoms with E-state index in [0.717, 1.165) is 16.0 Å². The zero-order valence-electron chi connectivity index (χ0n) is 13.0. The first-order chi connectivity index (χ1) is 11.5. The Balaban J connectivity index is 1.58. The molecular weight excluding hydrogens is 349 g/mol. The molecule has 2 N–H and O–H groups in total. The van der Waals surface area contributed by atoms with Crippen LogP contribution in [0.25, 0.3) is 11.1 Å². The summed E-state index contributed by atoms with van der Waals surface area (Å²) in [5.74, 6) is 0.484. The zero-order chi connectivity index (χ0) is 17.1. The molecule has 1 heterocycles. The Morgan fingerprint density at radius 2 is 2.00 bits per heavy atom. The predicted octanol–water partition coefficient (Wildman–Crippen LogP) is 2.79. The number of halogens is 2. The van der Waals surface area contributed by atoms with Gasteiger partial charge in [-0.2, -0.15) is 0 Å². The minimum atomic E-state index is -0.123. The second-order valence-corrected chi connectivity index (χ2v) is 6.38. The van der Waals surface area contributed by atoms with E-state index in [-0.39, 0.29) is 12.5 Å². The van der Waals surface area contributed by atoms with Crippen LogP contribution in [0.2, 0.25) is 10.0 Å². The molecule has 0 aliphatic carbocycles. The number of hydrogen-bond donors (Lipinski definition) is 2. The summed E-state index contributed by atoms with van der Waals surface area (Å²) < 4.78 is 5.67. The Bertz CT molecular complexity index is 846. The topological polar surface area (TPSA) is 59.6 Å². The van der Waals surface area contributed by atoms with Crippen molar-refractivity contribution in [1.29, 1.82) is 0 Å². The summed E-state index contributed by atoms with van der Waals surface area (Å²) in [5.41, 5.74) is 2.19. The van der Waals surface area contributed by atoms with Crippen molar-refractivity contribution >= 4 is 45.9 Å². The van der Waals surface area contributed by atoms with Gasteiger partial charge in [-0.3, -0.25) is 4.79 Å². The van der Waals surface area contributed by atoms with E-state index in [9.17, 15) is 4.79 Å². The molecule has 5 nitrogen and oxygen atoms in total. The van der Waals surface area contributed by atoms with E-state index in [1.807, 2.05) is 31.3 Å². The number of rotatable bonds is 5. The Morgan fingerprint density at radius 3 is 2.75 bits per heavy atom. The first-order valence-corrected chi connectivity index (χ1v) is 8.17. The molecule has 1 atom stereocenters. The molecule has 1 aromatic heterocycles. The maximum atomic E-state index is 12.1. The van der Waals surface area contributed by atoms with Crippen LogP contribution in [0.1, 0.15) is 5.89 Å². The molecule has 124 valence electrons. The van der Waals surface area contributed by atoms with Gasteiger partial charge in [0.05, 0.1) is 17.1 Å². The summed E-state index contributed by atoms with van der Waals surface area (Å²) in [4.78, 5) is 17.5. The molecule has 24 heavy (non-hydrogen) atoms. The van der Waals surface area contributed by atoms with Crippen molar-refractivity contribution in [2.75, 3.05) is 18.9 Å². The number of hydrogen-bond acceptors (Lipinski definition) is 3. The Morgan fingerprint density at radius 1 is 1.21 bits per heavy atom. The lowest BCUT2D eigenvalue weighted by molar-refractivity contribution is -0.886. The average molecular weight is 365 g/mol. The molecule has 3 aromatic rings. The molecule has 7 heteroatoms. The fraction of sp³-hybridized carbons (Fsp3) is 0.176. The van der Waals surface area contributed by atoms with Gasteiger partial charge in [0, 0.05) is 5.69 Å². The van der Waals surface area contributed by atoms with Gasteiger partial charge in [-0.1, -0.05) is 35.3 Å². The maximum Gasteiger partial charge on any atom is 0.279 e. The Kier molecular flexibility index (Phi) is 5.04. The number of amides is 1. The van der Waals surface area contributed by atoms with Crippen LogP contribution in [0.5, 0.6) is 0 Å². The van der Waals surface area contributed by atoms with Crippen molar-refractivity contribution in [3.05, 3.63) is 58.4 Å². The van der Waals surface area contributed by atoms with Crippen LogP contribution < -0.4 is 10.2 Å². The summed E-state index contributed by atoms with van der Waals surface area (Å²) in [6.07, 6.45) is 0. The van der Waals surface area contributed by atoms with E-state index < -0.39 is 0 Å². The van der Waals surface area contributed by atoms with Gasteiger partial charge in [0.25, 0.3) is 11.8 Å². The lowest BCUT2D eigenvalue weighted by Gasteiger charge is -2.12. The van der Waals surface area contributed by atoms with Gasteiger partial charge in [0.2, 0.25) is 0 Å². The molecule has 0 bridgehead atoms. The average Bonchev–Trinajstić information content (AvgIpc) is 2.92. The van der Waals surface area contributed by atoms with Gasteiger partial charge in [-0.25, -0.2) is 4.98 Å². The van der Waals surface area contributed by atoms with Crippen molar-refractivity contribution in [2.45, 2.75) is 6.54 Å². The molecule has 3 rings (SSSR count). The number of benzene rings is 2. The van der Waals surface area contributed by atoms with Crippen molar-refractivity contribution in [1.82, 2.24) is 4.98 Å². The van der Waals surface area contributed by atoms with Gasteiger partial charge >= 0.3 is 0 Å². The fourth-order valence-electron chi connectivity index (χ4n) is 2.37. The quantitative estimate of drug-likeness (QED) is 0.731. The van der Waals surface area contributed by atoms with Crippen LogP contribution in [0.4, 0.5) is 5.69 Å². The largest absolute Gasteiger partial charge is 0.435 e. The number of likely N-dealkylation sites (N-methyl/N-ethyl adjacent to an activating group) is 1.